The predicted molar refractivity (Wildman–Crippen MR) is 92.9 cm³/mol. The fourth-order valence-electron chi connectivity index (χ4n) is 3.80. The minimum atomic E-state index is 0.449. The van der Waals surface area contributed by atoms with Gasteiger partial charge in [-0.3, -0.25) is 4.90 Å². The van der Waals surface area contributed by atoms with Crippen molar-refractivity contribution in [2.45, 2.75) is 77.8 Å². The lowest BCUT2D eigenvalue weighted by Gasteiger charge is -2.32. The standard InChI is InChI=1S/C20H30N2/c1-5-16(3)20-17(13-21)11-15(2)12-18(20)14-22(4)19-9-7-6-8-10-19/h11-12,16,19H,5-10,14H2,1-4H3/t16-/m1/s1. The molecule has 1 atom stereocenters. The average Bonchev–Trinajstić information content (AvgIpc) is 2.54. The molecule has 2 heteroatoms. The molecule has 2 rings (SSSR count). The number of benzene rings is 1. The Morgan fingerprint density at radius 2 is 1.95 bits per heavy atom. The smallest absolute Gasteiger partial charge is 0.0994 e. The van der Waals surface area contributed by atoms with Gasteiger partial charge in [-0.05, 0) is 61.9 Å². The lowest BCUT2D eigenvalue weighted by Crippen LogP contribution is -2.33. The fourth-order valence-corrected chi connectivity index (χ4v) is 3.80. The van der Waals surface area contributed by atoms with Crippen LogP contribution in [-0.2, 0) is 6.54 Å². The van der Waals surface area contributed by atoms with Gasteiger partial charge in [-0.1, -0.05) is 39.2 Å². The van der Waals surface area contributed by atoms with Crippen molar-refractivity contribution < 1.29 is 0 Å². The summed E-state index contributed by atoms with van der Waals surface area (Å²) in [5.74, 6) is 0.449. The van der Waals surface area contributed by atoms with Crippen LogP contribution in [0.5, 0.6) is 0 Å². The number of rotatable bonds is 5. The van der Waals surface area contributed by atoms with Gasteiger partial charge in [0.25, 0.3) is 0 Å². The molecule has 1 saturated carbocycles. The van der Waals surface area contributed by atoms with Gasteiger partial charge in [0.15, 0.2) is 0 Å². The summed E-state index contributed by atoms with van der Waals surface area (Å²) in [5.41, 5.74) is 4.72. The molecular weight excluding hydrogens is 268 g/mol. The molecule has 0 N–H and O–H groups in total. The average molecular weight is 298 g/mol. The zero-order chi connectivity index (χ0) is 16.1. The normalized spacial score (nSPS) is 17.5. The van der Waals surface area contributed by atoms with Crippen molar-refractivity contribution in [1.82, 2.24) is 4.90 Å². The monoisotopic (exact) mass is 298 g/mol. The Kier molecular flexibility index (Phi) is 6.03. The van der Waals surface area contributed by atoms with E-state index in [1.54, 1.807) is 0 Å². The van der Waals surface area contributed by atoms with Crippen LogP contribution in [0.15, 0.2) is 12.1 Å². The van der Waals surface area contributed by atoms with E-state index >= 15 is 0 Å². The Hall–Kier alpha value is -1.33. The van der Waals surface area contributed by atoms with Crippen molar-refractivity contribution >= 4 is 0 Å². The molecule has 22 heavy (non-hydrogen) atoms. The first-order valence-corrected chi connectivity index (χ1v) is 8.80. The zero-order valence-electron chi connectivity index (χ0n) is 14.7. The Morgan fingerprint density at radius 1 is 1.27 bits per heavy atom. The molecule has 0 unspecified atom stereocenters. The van der Waals surface area contributed by atoms with Crippen LogP contribution in [0.2, 0.25) is 0 Å². The maximum absolute atomic E-state index is 9.53. The molecule has 2 nitrogen and oxygen atoms in total. The highest BCUT2D eigenvalue weighted by Crippen LogP contribution is 2.30. The molecule has 0 saturated heterocycles. The summed E-state index contributed by atoms with van der Waals surface area (Å²) in [6, 6.07) is 7.48. The molecule has 1 aliphatic carbocycles. The molecule has 1 aromatic carbocycles. The van der Waals surface area contributed by atoms with Gasteiger partial charge >= 0.3 is 0 Å². The van der Waals surface area contributed by atoms with Crippen LogP contribution in [0.3, 0.4) is 0 Å². The van der Waals surface area contributed by atoms with Gasteiger partial charge in [0.2, 0.25) is 0 Å². The maximum atomic E-state index is 9.53. The van der Waals surface area contributed by atoms with Gasteiger partial charge in [0.1, 0.15) is 0 Å². The van der Waals surface area contributed by atoms with Gasteiger partial charge in [0.05, 0.1) is 11.6 Å². The van der Waals surface area contributed by atoms with E-state index in [1.807, 2.05) is 6.07 Å². The molecule has 0 bridgehead atoms. The Labute approximate surface area is 136 Å². The molecule has 0 amide bonds. The summed E-state index contributed by atoms with van der Waals surface area (Å²) < 4.78 is 0. The minimum Gasteiger partial charge on any atom is -0.299 e. The van der Waals surface area contributed by atoms with E-state index in [2.05, 4.69) is 44.9 Å². The quantitative estimate of drug-likeness (QED) is 0.752. The predicted octanol–water partition coefficient (Wildman–Crippen LogP) is 5.14. The van der Waals surface area contributed by atoms with Crippen LogP contribution in [0, 0.1) is 18.3 Å². The van der Waals surface area contributed by atoms with Crippen LogP contribution in [-0.4, -0.2) is 18.0 Å². The van der Waals surface area contributed by atoms with Crippen LogP contribution < -0.4 is 0 Å². The molecule has 1 fully saturated rings. The Bertz CT molecular complexity index is 535. The molecule has 1 aliphatic rings. The lowest BCUT2D eigenvalue weighted by atomic mass is 9.87. The van der Waals surface area contributed by atoms with Gasteiger partial charge in [-0.25, -0.2) is 0 Å². The first-order chi connectivity index (χ1) is 10.6. The van der Waals surface area contributed by atoms with Gasteiger partial charge in [0, 0.05) is 12.6 Å². The van der Waals surface area contributed by atoms with E-state index < -0.39 is 0 Å². The van der Waals surface area contributed by atoms with E-state index in [-0.39, 0.29) is 0 Å². The Balaban J connectivity index is 2.28. The third-order valence-electron chi connectivity index (χ3n) is 5.25. The van der Waals surface area contributed by atoms with Gasteiger partial charge in [-0.15, -0.1) is 0 Å². The van der Waals surface area contributed by atoms with E-state index in [0.717, 1.165) is 18.5 Å². The van der Waals surface area contributed by atoms with Crippen molar-refractivity contribution in [2.24, 2.45) is 0 Å². The highest BCUT2D eigenvalue weighted by Gasteiger charge is 2.21. The lowest BCUT2D eigenvalue weighted by molar-refractivity contribution is 0.184. The number of nitriles is 1. The van der Waals surface area contributed by atoms with Crippen molar-refractivity contribution in [1.29, 1.82) is 5.26 Å². The van der Waals surface area contributed by atoms with Gasteiger partial charge in [-0.2, -0.15) is 5.26 Å². The second-order valence-corrected chi connectivity index (χ2v) is 7.01. The van der Waals surface area contributed by atoms with Crippen LogP contribution in [0.1, 0.15) is 80.5 Å². The van der Waals surface area contributed by atoms with Crippen molar-refractivity contribution in [3.05, 3.63) is 34.4 Å². The molecule has 0 aliphatic heterocycles. The van der Waals surface area contributed by atoms with Crippen molar-refractivity contribution in [3.8, 4) is 6.07 Å². The van der Waals surface area contributed by atoms with Crippen molar-refractivity contribution in [2.75, 3.05) is 7.05 Å². The number of hydrogen-bond acceptors (Lipinski definition) is 2. The van der Waals surface area contributed by atoms with Crippen molar-refractivity contribution in [3.63, 3.8) is 0 Å². The van der Waals surface area contributed by atoms with Gasteiger partial charge < -0.3 is 0 Å². The molecule has 0 radical (unpaired) electrons. The molecule has 120 valence electrons. The maximum Gasteiger partial charge on any atom is 0.0994 e. The molecule has 0 aromatic heterocycles. The summed E-state index contributed by atoms with van der Waals surface area (Å²) in [6.45, 7) is 7.53. The van der Waals surface area contributed by atoms with E-state index in [9.17, 15) is 5.26 Å². The fraction of sp³-hybridized carbons (Fsp3) is 0.650. The molecule has 0 spiro atoms. The highest BCUT2D eigenvalue weighted by atomic mass is 15.1. The summed E-state index contributed by atoms with van der Waals surface area (Å²) in [7, 11) is 2.25. The number of nitrogens with zero attached hydrogens (tertiary/aromatic N) is 2. The van der Waals surface area contributed by atoms with Crippen LogP contribution in [0.4, 0.5) is 0 Å². The zero-order valence-corrected chi connectivity index (χ0v) is 14.7. The molecule has 0 heterocycles. The van der Waals surface area contributed by atoms with E-state index in [1.165, 1.54) is 48.8 Å². The second-order valence-electron chi connectivity index (χ2n) is 7.01. The van der Waals surface area contributed by atoms with E-state index in [0.29, 0.717) is 12.0 Å². The highest BCUT2D eigenvalue weighted by molar-refractivity contribution is 5.47. The summed E-state index contributed by atoms with van der Waals surface area (Å²) in [6.07, 6.45) is 7.86. The second kappa shape index (κ2) is 7.79. The summed E-state index contributed by atoms with van der Waals surface area (Å²) >= 11 is 0. The molecular formula is C20H30N2. The third-order valence-corrected chi connectivity index (χ3v) is 5.25. The topological polar surface area (TPSA) is 27.0 Å². The minimum absolute atomic E-state index is 0.449. The number of aryl methyl sites for hydroxylation is 1. The summed E-state index contributed by atoms with van der Waals surface area (Å²) in [5, 5.41) is 9.53. The number of hydrogen-bond donors (Lipinski definition) is 0. The van der Waals surface area contributed by atoms with E-state index in [4.69, 9.17) is 0 Å². The van der Waals surface area contributed by atoms with Crippen LogP contribution in [0.25, 0.3) is 0 Å². The Morgan fingerprint density at radius 3 is 2.55 bits per heavy atom. The third kappa shape index (κ3) is 3.90. The first kappa shape index (κ1) is 17.0. The first-order valence-electron chi connectivity index (χ1n) is 8.80. The molecule has 1 aromatic rings. The SMILES string of the molecule is CC[C@@H](C)c1c(C#N)cc(C)cc1CN(C)C1CCCCC1. The summed E-state index contributed by atoms with van der Waals surface area (Å²) in [4.78, 5) is 2.51. The van der Waals surface area contributed by atoms with Crippen LogP contribution >= 0.6 is 0 Å². The largest absolute Gasteiger partial charge is 0.299 e.